The molecular weight excluding hydrogens is 364 g/mol. The second-order valence-electron chi connectivity index (χ2n) is 10.8. The van der Waals surface area contributed by atoms with Crippen molar-refractivity contribution in [3.05, 3.63) is 0 Å². The fourth-order valence-electron chi connectivity index (χ4n) is 8.28. The molecular formula is C25H44O4. The minimum absolute atomic E-state index is 0.175. The van der Waals surface area contributed by atoms with E-state index in [1.807, 2.05) is 13.8 Å². The summed E-state index contributed by atoms with van der Waals surface area (Å²) in [6.07, 6.45) is 10.3. The van der Waals surface area contributed by atoms with Crippen LogP contribution in [-0.2, 0) is 4.79 Å². The Labute approximate surface area is 177 Å². The van der Waals surface area contributed by atoms with E-state index in [1.54, 1.807) is 0 Å². The Kier molecular flexibility index (Phi) is 7.05. The first-order valence-electron chi connectivity index (χ1n) is 12.3. The molecule has 0 bridgehead atoms. The lowest BCUT2D eigenvalue weighted by atomic mass is 9.44. The molecule has 0 heterocycles. The van der Waals surface area contributed by atoms with Crippen LogP contribution in [0.1, 0.15) is 98.3 Å². The quantitative estimate of drug-likeness (QED) is 0.593. The van der Waals surface area contributed by atoms with Crippen molar-refractivity contribution in [2.24, 2.45) is 40.4 Å². The largest absolute Gasteiger partial charge is 0.481 e. The van der Waals surface area contributed by atoms with Crippen LogP contribution in [0.2, 0.25) is 0 Å². The van der Waals surface area contributed by atoms with Gasteiger partial charge in [0.1, 0.15) is 0 Å². The summed E-state index contributed by atoms with van der Waals surface area (Å²) in [7, 11) is 0. The van der Waals surface area contributed by atoms with Crippen molar-refractivity contribution >= 4 is 5.97 Å². The molecule has 0 aromatic heterocycles. The number of carboxylic acids is 1. The molecule has 0 aliphatic heterocycles. The first-order valence-corrected chi connectivity index (χ1v) is 12.3. The normalized spacial score (nSPS) is 48.6. The maximum atomic E-state index is 11.2. The smallest absolute Gasteiger partial charge is 0.303 e. The molecule has 0 amide bonds. The third-order valence-corrected chi connectivity index (χ3v) is 9.80. The van der Waals surface area contributed by atoms with E-state index in [0.29, 0.717) is 29.6 Å². The van der Waals surface area contributed by atoms with Crippen molar-refractivity contribution in [3.63, 3.8) is 0 Å². The van der Waals surface area contributed by atoms with Crippen LogP contribution in [-0.4, -0.2) is 33.5 Å². The second-order valence-corrected chi connectivity index (χ2v) is 10.8. The SMILES string of the molecule is CC.CC12CCC3C(C(O)CC4CC(O)CCC43C)C1CCC2CCCC(=O)O. The average molecular weight is 409 g/mol. The van der Waals surface area contributed by atoms with Crippen molar-refractivity contribution in [2.45, 2.75) is 111 Å². The van der Waals surface area contributed by atoms with Crippen LogP contribution in [0.15, 0.2) is 0 Å². The zero-order valence-corrected chi connectivity index (χ0v) is 19.1. The summed E-state index contributed by atoms with van der Waals surface area (Å²) in [6, 6.07) is 0. The van der Waals surface area contributed by atoms with Gasteiger partial charge in [0.2, 0.25) is 0 Å². The molecule has 9 unspecified atom stereocenters. The maximum Gasteiger partial charge on any atom is 0.303 e. The van der Waals surface area contributed by atoms with E-state index in [4.69, 9.17) is 5.11 Å². The topological polar surface area (TPSA) is 77.8 Å². The number of fused-ring (bicyclic) bond motifs is 5. The number of carbonyl (C=O) groups is 1. The number of hydrogen-bond donors (Lipinski definition) is 3. The number of carboxylic acid groups (broad SMARTS) is 1. The lowest BCUT2D eigenvalue weighted by Crippen LogP contribution is -2.58. The Morgan fingerprint density at radius 1 is 0.931 bits per heavy atom. The summed E-state index contributed by atoms with van der Waals surface area (Å²) >= 11 is 0. The molecule has 4 nitrogen and oxygen atoms in total. The molecule has 4 fully saturated rings. The van der Waals surface area contributed by atoms with Crippen LogP contribution in [0.3, 0.4) is 0 Å². The van der Waals surface area contributed by atoms with Gasteiger partial charge in [-0.3, -0.25) is 4.79 Å². The van der Waals surface area contributed by atoms with Gasteiger partial charge < -0.3 is 15.3 Å². The highest BCUT2D eigenvalue weighted by atomic mass is 16.4. The highest BCUT2D eigenvalue weighted by molar-refractivity contribution is 5.66. The van der Waals surface area contributed by atoms with E-state index >= 15 is 0 Å². The van der Waals surface area contributed by atoms with Gasteiger partial charge in [-0.1, -0.05) is 27.7 Å². The van der Waals surface area contributed by atoms with Crippen molar-refractivity contribution in [1.82, 2.24) is 0 Å². The Morgan fingerprint density at radius 3 is 2.28 bits per heavy atom. The molecule has 0 aromatic rings. The highest BCUT2D eigenvalue weighted by Gasteiger charge is 2.62. The Bertz CT molecular complexity index is 577. The fraction of sp³-hybridized carbons (Fsp3) is 0.960. The van der Waals surface area contributed by atoms with E-state index in [0.717, 1.165) is 38.5 Å². The number of rotatable bonds is 4. The summed E-state index contributed by atoms with van der Waals surface area (Å²) < 4.78 is 0. The fourth-order valence-corrected chi connectivity index (χ4v) is 8.28. The molecule has 168 valence electrons. The third kappa shape index (κ3) is 4.01. The van der Waals surface area contributed by atoms with Gasteiger partial charge in [-0.25, -0.2) is 0 Å². The molecule has 0 saturated heterocycles. The second kappa shape index (κ2) is 8.86. The molecule has 0 radical (unpaired) electrons. The van der Waals surface area contributed by atoms with Gasteiger partial charge >= 0.3 is 5.97 Å². The molecule has 4 saturated carbocycles. The van der Waals surface area contributed by atoms with Crippen molar-refractivity contribution in [1.29, 1.82) is 0 Å². The summed E-state index contributed by atoms with van der Waals surface area (Å²) in [5, 5.41) is 30.3. The number of aliphatic hydroxyl groups is 2. The number of aliphatic hydroxyl groups excluding tert-OH is 2. The van der Waals surface area contributed by atoms with Crippen LogP contribution in [0.25, 0.3) is 0 Å². The van der Waals surface area contributed by atoms with Crippen LogP contribution in [0.4, 0.5) is 0 Å². The van der Waals surface area contributed by atoms with Gasteiger partial charge in [-0.05, 0) is 105 Å². The van der Waals surface area contributed by atoms with E-state index in [9.17, 15) is 15.0 Å². The minimum atomic E-state index is -0.681. The van der Waals surface area contributed by atoms with E-state index in [-0.39, 0.29) is 29.5 Å². The average Bonchev–Trinajstić information content (AvgIpc) is 3.01. The van der Waals surface area contributed by atoms with Crippen LogP contribution >= 0.6 is 0 Å². The molecule has 4 heteroatoms. The Morgan fingerprint density at radius 2 is 1.59 bits per heavy atom. The van der Waals surface area contributed by atoms with Crippen molar-refractivity contribution in [3.8, 4) is 0 Å². The van der Waals surface area contributed by atoms with Crippen molar-refractivity contribution < 1.29 is 20.1 Å². The summed E-state index contributed by atoms with van der Waals surface area (Å²) in [4.78, 5) is 10.9. The van der Waals surface area contributed by atoms with E-state index < -0.39 is 5.97 Å². The molecule has 4 aliphatic rings. The van der Waals surface area contributed by atoms with Gasteiger partial charge in [0, 0.05) is 6.42 Å². The third-order valence-electron chi connectivity index (χ3n) is 9.80. The monoisotopic (exact) mass is 408 g/mol. The van der Waals surface area contributed by atoms with Gasteiger partial charge in [-0.15, -0.1) is 0 Å². The minimum Gasteiger partial charge on any atom is -0.481 e. The zero-order chi connectivity index (χ0) is 21.4. The molecule has 29 heavy (non-hydrogen) atoms. The zero-order valence-electron chi connectivity index (χ0n) is 19.1. The lowest BCUT2D eigenvalue weighted by Gasteiger charge is -2.62. The summed E-state index contributed by atoms with van der Waals surface area (Å²) in [6.45, 7) is 8.90. The van der Waals surface area contributed by atoms with Crippen LogP contribution in [0, 0.1) is 40.4 Å². The van der Waals surface area contributed by atoms with Crippen molar-refractivity contribution in [2.75, 3.05) is 0 Å². The van der Waals surface area contributed by atoms with Gasteiger partial charge in [0.25, 0.3) is 0 Å². The molecule has 0 aromatic carbocycles. The first-order chi connectivity index (χ1) is 13.8. The van der Waals surface area contributed by atoms with E-state index in [1.165, 1.54) is 25.7 Å². The Balaban J connectivity index is 0.00000117. The molecule has 4 aliphatic carbocycles. The van der Waals surface area contributed by atoms with Gasteiger partial charge in [-0.2, -0.15) is 0 Å². The number of aliphatic carboxylic acids is 1. The van der Waals surface area contributed by atoms with E-state index in [2.05, 4.69) is 13.8 Å². The van der Waals surface area contributed by atoms with Gasteiger partial charge in [0.05, 0.1) is 12.2 Å². The standard InChI is InChI=1S/C23H38O4.C2H6/c1-22-11-9-18-21(17(22)7-6-14(22)4-3-5-20(26)27)19(25)13-15-12-16(24)8-10-23(15,18)2;1-2/h14-19,21,24-25H,3-13H2,1-2H3,(H,26,27);1-2H3. The maximum absolute atomic E-state index is 11.2. The highest BCUT2D eigenvalue weighted by Crippen LogP contribution is 2.67. The molecule has 0 spiro atoms. The Hall–Kier alpha value is -0.610. The summed E-state index contributed by atoms with van der Waals surface area (Å²) in [5.74, 6) is 1.99. The lowest BCUT2D eigenvalue weighted by molar-refractivity contribution is -0.172. The van der Waals surface area contributed by atoms with Crippen LogP contribution < -0.4 is 0 Å². The first kappa shape index (κ1) is 23.1. The molecule has 4 rings (SSSR count). The van der Waals surface area contributed by atoms with Crippen LogP contribution in [0.5, 0.6) is 0 Å². The predicted molar refractivity (Wildman–Crippen MR) is 115 cm³/mol. The molecule has 3 N–H and O–H groups in total. The predicted octanol–water partition coefficient (Wildman–Crippen LogP) is 5.26. The summed E-state index contributed by atoms with van der Waals surface area (Å²) in [5.41, 5.74) is 0.559. The number of hydrogen-bond acceptors (Lipinski definition) is 3. The van der Waals surface area contributed by atoms with Gasteiger partial charge in [0.15, 0.2) is 0 Å². The molecule has 9 atom stereocenters.